The van der Waals surface area contributed by atoms with Crippen molar-refractivity contribution < 1.29 is 14.0 Å². The summed E-state index contributed by atoms with van der Waals surface area (Å²) in [6.07, 6.45) is 0.775. The second-order valence-corrected chi connectivity index (χ2v) is 6.19. The number of nitrogens with zero attached hydrogens (tertiary/aromatic N) is 1. The number of urea groups is 1. The van der Waals surface area contributed by atoms with E-state index in [1.807, 2.05) is 38.1 Å². The molecule has 0 heterocycles. The summed E-state index contributed by atoms with van der Waals surface area (Å²) in [6.45, 7) is 4.16. The average Bonchev–Trinajstić information content (AvgIpc) is 2.65. The van der Waals surface area contributed by atoms with E-state index in [0.717, 1.165) is 12.0 Å². The fourth-order valence-corrected chi connectivity index (χ4v) is 2.29. The Morgan fingerprint density at radius 2 is 1.85 bits per heavy atom. The van der Waals surface area contributed by atoms with Crippen molar-refractivity contribution in [2.75, 3.05) is 17.3 Å². The topological polar surface area (TPSA) is 61.4 Å². The van der Waals surface area contributed by atoms with Crippen molar-refractivity contribution in [2.45, 2.75) is 26.8 Å². The van der Waals surface area contributed by atoms with Gasteiger partial charge in [-0.05, 0) is 48.4 Å². The van der Waals surface area contributed by atoms with E-state index in [-0.39, 0.29) is 23.7 Å². The number of nitrogens with one attached hydrogen (secondary N) is 2. The van der Waals surface area contributed by atoms with Crippen molar-refractivity contribution in [3.05, 3.63) is 59.9 Å². The zero-order valence-electron chi connectivity index (χ0n) is 15.3. The predicted molar refractivity (Wildman–Crippen MR) is 102 cm³/mol. The number of hydrogen-bond acceptors (Lipinski definition) is 2. The lowest BCUT2D eigenvalue weighted by Gasteiger charge is -2.18. The van der Waals surface area contributed by atoms with Gasteiger partial charge in [-0.1, -0.05) is 26.0 Å². The summed E-state index contributed by atoms with van der Waals surface area (Å²) in [6, 6.07) is 12.7. The Hall–Kier alpha value is -2.89. The lowest BCUT2D eigenvalue weighted by Crippen LogP contribution is -2.36. The van der Waals surface area contributed by atoms with Crippen LogP contribution in [0.4, 0.5) is 20.6 Å². The van der Waals surface area contributed by atoms with Crippen molar-refractivity contribution in [3.8, 4) is 0 Å². The number of carbonyl (C=O) groups is 2. The van der Waals surface area contributed by atoms with Crippen LogP contribution in [0.1, 0.15) is 25.8 Å². The molecule has 0 unspecified atom stereocenters. The molecule has 0 fully saturated rings. The molecule has 138 valence electrons. The van der Waals surface area contributed by atoms with Crippen molar-refractivity contribution >= 4 is 23.3 Å². The summed E-state index contributed by atoms with van der Waals surface area (Å²) in [7, 11) is 1.62. The number of carbonyl (C=O) groups excluding carboxylic acids is 2. The van der Waals surface area contributed by atoms with Crippen LogP contribution in [0.15, 0.2) is 48.5 Å². The Labute approximate surface area is 153 Å². The number of hydrogen-bond donors (Lipinski definition) is 2. The van der Waals surface area contributed by atoms with Gasteiger partial charge in [0.15, 0.2) is 0 Å². The monoisotopic (exact) mass is 357 g/mol. The van der Waals surface area contributed by atoms with Gasteiger partial charge in [0.25, 0.3) is 0 Å². The molecule has 3 amide bonds. The molecule has 26 heavy (non-hydrogen) atoms. The van der Waals surface area contributed by atoms with E-state index in [0.29, 0.717) is 17.9 Å². The molecule has 0 aliphatic rings. The minimum atomic E-state index is -0.348. The molecule has 2 N–H and O–H groups in total. The van der Waals surface area contributed by atoms with Crippen molar-refractivity contribution in [2.24, 2.45) is 5.92 Å². The standard InChI is InChI=1S/C20H24FN3O2/c1-4-14(2)19(25)23-17-7-5-6-15(12-17)13-22-20(26)24(3)18-10-8-16(21)9-11-18/h5-12,14H,4,13H2,1-3H3,(H,22,26)(H,23,25)/t14-/m1/s1. The van der Waals surface area contributed by atoms with E-state index in [2.05, 4.69) is 10.6 Å². The second-order valence-electron chi connectivity index (χ2n) is 6.19. The molecule has 2 rings (SSSR count). The van der Waals surface area contributed by atoms with Crippen LogP contribution in [0.2, 0.25) is 0 Å². The maximum absolute atomic E-state index is 13.0. The lowest BCUT2D eigenvalue weighted by atomic mass is 10.1. The Balaban J connectivity index is 1.94. The van der Waals surface area contributed by atoms with E-state index >= 15 is 0 Å². The molecule has 0 saturated carbocycles. The maximum Gasteiger partial charge on any atom is 0.321 e. The molecule has 0 aromatic heterocycles. The smallest absolute Gasteiger partial charge is 0.321 e. The molecule has 5 nitrogen and oxygen atoms in total. The van der Waals surface area contributed by atoms with E-state index < -0.39 is 0 Å². The number of halogens is 1. The van der Waals surface area contributed by atoms with Gasteiger partial charge in [0.05, 0.1) is 0 Å². The summed E-state index contributed by atoms with van der Waals surface area (Å²) in [5.74, 6) is -0.425. The highest BCUT2D eigenvalue weighted by atomic mass is 19.1. The molecule has 0 spiro atoms. The summed E-state index contributed by atoms with van der Waals surface area (Å²) in [4.78, 5) is 25.6. The molecular weight excluding hydrogens is 333 g/mol. The van der Waals surface area contributed by atoms with E-state index in [4.69, 9.17) is 0 Å². The lowest BCUT2D eigenvalue weighted by molar-refractivity contribution is -0.119. The molecule has 0 bridgehead atoms. The SMILES string of the molecule is CC[C@@H](C)C(=O)Nc1cccc(CNC(=O)N(C)c2ccc(F)cc2)c1. The minimum Gasteiger partial charge on any atom is -0.334 e. The highest BCUT2D eigenvalue weighted by Gasteiger charge is 2.12. The van der Waals surface area contributed by atoms with Gasteiger partial charge < -0.3 is 10.6 Å². The molecule has 0 aliphatic heterocycles. The first-order valence-corrected chi connectivity index (χ1v) is 8.57. The van der Waals surface area contributed by atoms with Gasteiger partial charge in [0.2, 0.25) is 5.91 Å². The first kappa shape index (κ1) is 19.4. The number of rotatable bonds is 6. The van der Waals surface area contributed by atoms with Crippen LogP contribution in [-0.2, 0) is 11.3 Å². The highest BCUT2D eigenvalue weighted by molar-refractivity contribution is 5.92. The third-order valence-corrected chi connectivity index (χ3v) is 4.22. The number of amides is 3. The molecule has 0 aliphatic carbocycles. The minimum absolute atomic E-state index is 0.0234. The average molecular weight is 357 g/mol. The zero-order valence-corrected chi connectivity index (χ0v) is 15.3. The van der Waals surface area contributed by atoms with Crippen LogP contribution < -0.4 is 15.5 Å². The third-order valence-electron chi connectivity index (χ3n) is 4.22. The van der Waals surface area contributed by atoms with Crippen molar-refractivity contribution in [1.29, 1.82) is 0 Å². The summed E-state index contributed by atoms with van der Waals surface area (Å²) in [5, 5.41) is 5.68. The van der Waals surface area contributed by atoms with Gasteiger partial charge in [0, 0.05) is 30.9 Å². The number of anilines is 2. The van der Waals surface area contributed by atoms with Crippen molar-refractivity contribution in [3.63, 3.8) is 0 Å². The Kier molecular flexibility index (Phi) is 6.72. The summed E-state index contributed by atoms with van der Waals surface area (Å²) in [5.41, 5.74) is 2.17. The van der Waals surface area contributed by atoms with Gasteiger partial charge in [0.1, 0.15) is 5.82 Å². The first-order valence-electron chi connectivity index (χ1n) is 8.57. The van der Waals surface area contributed by atoms with Crippen LogP contribution in [-0.4, -0.2) is 19.0 Å². The zero-order chi connectivity index (χ0) is 19.1. The molecule has 1 atom stereocenters. The summed E-state index contributed by atoms with van der Waals surface area (Å²) >= 11 is 0. The van der Waals surface area contributed by atoms with Crippen LogP contribution >= 0.6 is 0 Å². The Bertz CT molecular complexity index is 762. The van der Waals surface area contributed by atoms with Crippen LogP contribution in [0.5, 0.6) is 0 Å². The first-order chi connectivity index (χ1) is 12.4. The second kappa shape index (κ2) is 8.99. The van der Waals surface area contributed by atoms with Gasteiger partial charge >= 0.3 is 6.03 Å². The number of benzene rings is 2. The fourth-order valence-electron chi connectivity index (χ4n) is 2.29. The van der Waals surface area contributed by atoms with Crippen LogP contribution in [0, 0.1) is 11.7 Å². The van der Waals surface area contributed by atoms with Crippen molar-refractivity contribution in [1.82, 2.24) is 5.32 Å². The summed E-state index contributed by atoms with van der Waals surface area (Å²) < 4.78 is 13.0. The third kappa shape index (κ3) is 5.31. The molecule has 6 heteroatoms. The molecule has 0 saturated heterocycles. The van der Waals surface area contributed by atoms with E-state index in [1.54, 1.807) is 19.2 Å². The molecule has 2 aromatic rings. The van der Waals surface area contributed by atoms with E-state index in [1.165, 1.54) is 17.0 Å². The quantitative estimate of drug-likeness (QED) is 0.816. The normalized spacial score (nSPS) is 11.5. The Morgan fingerprint density at radius 1 is 1.15 bits per heavy atom. The largest absolute Gasteiger partial charge is 0.334 e. The molecular formula is C20H24FN3O2. The van der Waals surface area contributed by atoms with Gasteiger partial charge in [-0.3, -0.25) is 9.69 Å². The molecule has 2 aromatic carbocycles. The van der Waals surface area contributed by atoms with Gasteiger partial charge in [-0.25, -0.2) is 9.18 Å². The van der Waals surface area contributed by atoms with Gasteiger partial charge in [-0.15, -0.1) is 0 Å². The van der Waals surface area contributed by atoms with E-state index in [9.17, 15) is 14.0 Å². The van der Waals surface area contributed by atoms with Crippen LogP contribution in [0.3, 0.4) is 0 Å². The fraction of sp³-hybridized carbons (Fsp3) is 0.300. The highest BCUT2D eigenvalue weighted by Crippen LogP contribution is 2.15. The van der Waals surface area contributed by atoms with Gasteiger partial charge in [-0.2, -0.15) is 0 Å². The maximum atomic E-state index is 13.0. The Morgan fingerprint density at radius 3 is 2.50 bits per heavy atom. The van der Waals surface area contributed by atoms with Crippen LogP contribution in [0.25, 0.3) is 0 Å². The predicted octanol–water partition coefficient (Wildman–Crippen LogP) is 4.16. The molecule has 0 radical (unpaired) electrons.